The highest BCUT2D eigenvalue weighted by Crippen LogP contribution is 2.25. The first-order valence-electron chi connectivity index (χ1n) is 7.11. The lowest BCUT2D eigenvalue weighted by molar-refractivity contribution is -0.135. The molecule has 0 bridgehead atoms. The van der Waals surface area contributed by atoms with Crippen LogP contribution in [0, 0.1) is 5.92 Å². The molecule has 2 N–H and O–H groups in total. The summed E-state index contributed by atoms with van der Waals surface area (Å²) >= 11 is 1.75. The van der Waals surface area contributed by atoms with Crippen LogP contribution in [0.5, 0.6) is 0 Å². The fourth-order valence-corrected chi connectivity index (χ4v) is 3.10. The summed E-state index contributed by atoms with van der Waals surface area (Å²) < 4.78 is 0. The summed E-state index contributed by atoms with van der Waals surface area (Å²) in [6.07, 6.45) is 7.68. The van der Waals surface area contributed by atoms with Gasteiger partial charge < -0.3 is 10.6 Å². The summed E-state index contributed by atoms with van der Waals surface area (Å²) in [5.41, 5.74) is 6.04. The van der Waals surface area contributed by atoms with Gasteiger partial charge in [0.2, 0.25) is 5.91 Å². The van der Waals surface area contributed by atoms with Gasteiger partial charge in [0.15, 0.2) is 0 Å². The Labute approximate surface area is 116 Å². The number of nitrogens with zero attached hydrogens (tertiary/aromatic N) is 1. The number of carbonyl (C=O) groups excluding carboxylic acids is 1. The Balaban J connectivity index is 2.59. The van der Waals surface area contributed by atoms with Crippen molar-refractivity contribution in [2.24, 2.45) is 11.7 Å². The molecule has 0 unspecified atom stereocenters. The summed E-state index contributed by atoms with van der Waals surface area (Å²) in [5, 5.41) is 0. The summed E-state index contributed by atoms with van der Waals surface area (Å²) in [6.45, 7) is 5.20. The third-order valence-electron chi connectivity index (χ3n) is 3.56. The van der Waals surface area contributed by atoms with Gasteiger partial charge in [0.05, 0.1) is 6.04 Å². The summed E-state index contributed by atoms with van der Waals surface area (Å²) in [6, 6.07) is 0.136. The van der Waals surface area contributed by atoms with Crippen molar-refractivity contribution in [3.8, 4) is 0 Å². The van der Waals surface area contributed by atoms with E-state index in [0.29, 0.717) is 12.0 Å². The molecule has 0 heterocycles. The maximum atomic E-state index is 12.5. The largest absolute Gasteiger partial charge is 0.338 e. The van der Waals surface area contributed by atoms with Crippen LogP contribution in [0.15, 0.2) is 0 Å². The lowest BCUT2D eigenvalue weighted by Gasteiger charge is -2.32. The molecule has 1 saturated carbocycles. The van der Waals surface area contributed by atoms with Gasteiger partial charge in [0.1, 0.15) is 0 Å². The number of rotatable bonds is 7. The lowest BCUT2D eigenvalue weighted by atomic mass is 10.1. The molecular formula is C14H28N2OS. The average Bonchev–Trinajstić information content (AvgIpc) is 2.85. The van der Waals surface area contributed by atoms with Gasteiger partial charge in [-0.2, -0.15) is 11.8 Å². The maximum Gasteiger partial charge on any atom is 0.239 e. The SMILES string of the molecule is CSCC[C@H](N)C(=O)N(CC(C)C)C1CCCC1. The minimum absolute atomic E-state index is 0.171. The molecular weight excluding hydrogens is 244 g/mol. The summed E-state index contributed by atoms with van der Waals surface area (Å²) in [4.78, 5) is 14.5. The third kappa shape index (κ3) is 4.81. The van der Waals surface area contributed by atoms with E-state index >= 15 is 0 Å². The summed E-state index contributed by atoms with van der Waals surface area (Å²) in [5.74, 6) is 1.65. The highest BCUT2D eigenvalue weighted by Gasteiger charge is 2.29. The molecule has 1 atom stereocenters. The number of hydrogen-bond acceptors (Lipinski definition) is 3. The predicted molar refractivity (Wildman–Crippen MR) is 79.8 cm³/mol. The minimum atomic E-state index is -0.309. The van der Waals surface area contributed by atoms with E-state index in [2.05, 4.69) is 25.0 Å². The Morgan fingerprint density at radius 1 is 1.39 bits per heavy atom. The quantitative estimate of drug-likeness (QED) is 0.774. The zero-order valence-electron chi connectivity index (χ0n) is 12.0. The van der Waals surface area contributed by atoms with Crippen LogP contribution in [0.3, 0.4) is 0 Å². The van der Waals surface area contributed by atoms with Crippen LogP contribution in [0.25, 0.3) is 0 Å². The number of hydrogen-bond donors (Lipinski definition) is 1. The molecule has 1 rings (SSSR count). The van der Waals surface area contributed by atoms with Gasteiger partial charge in [-0.1, -0.05) is 26.7 Å². The van der Waals surface area contributed by atoms with E-state index in [1.807, 2.05) is 0 Å². The topological polar surface area (TPSA) is 46.3 Å². The van der Waals surface area contributed by atoms with Gasteiger partial charge >= 0.3 is 0 Å². The van der Waals surface area contributed by atoms with E-state index in [1.54, 1.807) is 11.8 Å². The van der Waals surface area contributed by atoms with Crippen molar-refractivity contribution >= 4 is 17.7 Å². The van der Waals surface area contributed by atoms with Crippen molar-refractivity contribution < 1.29 is 4.79 Å². The highest BCUT2D eigenvalue weighted by molar-refractivity contribution is 7.98. The first kappa shape index (κ1) is 15.8. The van der Waals surface area contributed by atoms with Gasteiger partial charge in [-0.05, 0) is 37.2 Å². The molecule has 106 valence electrons. The molecule has 0 aliphatic heterocycles. The molecule has 0 aromatic rings. The van der Waals surface area contributed by atoms with E-state index in [4.69, 9.17) is 5.73 Å². The van der Waals surface area contributed by atoms with Crippen LogP contribution >= 0.6 is 11.8 Å². The van der Waals surface area contributed by atoms with Crippen molar-refractivity contribution in [1.29, 1.82) is 0 Å². The van der Waals surface area contributed by atoms with E-state index < -0.39 is 0 Å². The zero-order valence-corrected chi connectivity index (χ0v) is 12.8. The Kier molecular flexibility index (Phi) is 7.08. The molecule has 1 aliphatic carbocycles. The first-order valence-corrected chi connectivity index (χ1v) is 8.50. The van der Waals surface area contributed by atoms with Crippen LogP contribution in [-0.4, -0.2) is 41.4 Å². The van der Waals surface area contributed by atoms with Crippen LogP contribution in [0.1, 0.15) is 46.0 Å². The average molecular weight is 272 g/mol. The standard InChI is InChI=1S/C14H28N2OS/c1-11(2)10-16(12-6-4-5-7-12)14(17)13(15)8-9-18-3/h11-13H,4-10,15H2,1-3H3/t13-/m0/s1. The van der Waals surface area contributed by atoms with Gasteiger partial charge in [-0.3, -0.25) is 4.79 Å². The maximum absolute atomic E-state index is 12.5. The second-order valence-electron chi connectivity index (χ2n) is 5.71. The van der Waals surface area contributed by atoms with Crippen molar-refractivity contribution in [3.63, 3.8) is 0 Å². The van der Waals surface area contributed by atoms with Crippen LogP contribution in [0.4, 0.5) is 0 Å². The summed E-state index contributed by atoms with van der Waals surface area (Å²) in [7, 11) is 0. The molecule has 4 heteroatoms. The van der Waals surface area contributed by atoms with Gasteiger partial charge in [-0.25, -0.2) is 0 Å². The Bertz CT molecular complexity index is 252. The van der Waals surface area contributed by atoms with E-state index in [1.165, 1.54) is 12.8 Å². The Hall–Kier alpha value is -0.220. The van der Waals surface area contributed by atoms with E-state index in [0.717, 1.165) is 31.6 Å². The molecule has 18 heavy (non-hydrogen) atoms. The first-order chi connectivity index (χ1) is 8.56. The highest BCUT2D eigenvalue weighted by atomic mass is 32.2. The molecule has 0 aromatic heterocycles. The third-order valence-corrected chi connectivity index (χ3v) is 4.20. The molecule has 0 saturated heterocycles. The molecule has 1 aliphatic rings. The fourth-order valence-electron chi connectivity index (χ4n) is 2.61. The van der Waals surface area contributed by atoms with Crippen LogP contribution in [-0.2, 0) is 4.79 Å². The second-order valence-corrected chi connectivity index (χ2v) is 6.70. The normalized spacial score (nSPS) is 18.3. The van der Waals surface area contributed by atoms with Crippen LogP contribution in [0.2, 0.25) is 0 Å². The Morgan fingerprint density at radius 2 is 2.00 bits per heavy atom. The minimum Gasteiger partial charge on any atom is -0.338 e. The van der Waals surface area contributed by atoms with Crippen molar-refractivity contribution in [2.45, 2.75) is 58.0 Å². The van der Waals surface area contributed by atoms with Crippen molar-refractivity contribution in [1.82, 2.24) is 4.90 Å². The van der Waals surface area contributed by atoms with Gasteiger partial charge in [0, 0.05) is 12.6 Å². The fraction of sp³-hybridized carbons (Fsp3) is 0.929. The molecule has 0 aromatic carbocycles. The molecule has 0 radical (unpaired) electrons. The number of carbonyl (C=O) groups is 1. The van der Waals surface area contributed by atoms with Crippen molar-refractivity contribution in [2.75, 3.05) is 18.6 Å². The molecule has 3 nitrogen and oxygen atoms in total. The molecule has 1 amide bonds. The van der Waals surface area contributed by atoms with Gasteiger partial charge in [-0.15, -0.1) is 0 Å². The Morgan fingerprint density at radius 3 is 2.50 bits per heavy atom. The predicted octanol–water partition coefficient (Wildman–Crippen LogP) is 2.49. The van der Waals surface area contributed by atoms with Crippen LogP contribution < -0.4 is 5.73 Å². The van der Waals surface area contributed by atoms with Gasteiger partial charge in [0.25, 0.3) is 0 Å². The van der Waals surface area contributed by atoms with E-state index in [-0.39, 0.29) is 11.9 Å². The van der Waals surface area contributed by atoms with E-state index in [9.17, 15) is 4.79 Å². The number of nitrogens with two attached hydrogens (primary N) is 1. The molecule has 0 spiro atoms. The molecule has 1 fully saturated rings. The second kappa shape index (κ2) is 8.05. The lowest BCUT2D eigenvalue weighted by Crippen LogP contribution is -2.49. The monoisotopic (exact) mass is 272 g/mol. The number of thioether (sulfide) groups is 1. The number of amides is 1. The smallest absolute Gasteiger partial charge is 0.239 e. The zero-order chi connectivity index (χ0) is 13.5. The van der Waals surface area contributed by atoms with Crippen molar-refractivity contribution in [3.05, 3.63) is 0 Å².